The largest absolute Gasteiger partial charge is 0.481 e. The molecular formula is C12H13ClO2. The van der Waals surface area contributed by atoms with E-state index in [1.807, 2.05) is 0 Å². The van der Waals surface area contributed by atoms with Crippen molar-refractivity contribution in [3.05, 3.63) is 28.8 Å². The molecule has 1 aromatic carbocycles. The van der Waals surface area contributed by atoms with Gasteiger partial charge < -0.3 is 9.84 Å². The van der Waals surface area contributed by atoms with E-state index in [0.29, 0.717) is 22.9 Å². The quantitative estimate of drug-likeness (QED) is 0.801. The minimum atomic E-state index is -0.603. The molecule has 0 unspecified atom stereocenters. The van der Waals surface area contributed by atoms with E-state index in [0.717, 1.165) is 0 Å². The first-order valence-corrected chi connectivity index (χ1v) is 5.03. The highest BCUT2D eigenvalue weighted by atomic mass is 35.5. The Kier molecular flexibility index (Phi) is 4.48. The Morgan fingerprint density at radius 1 is 1.53 bits per heavy atom. The lowest BCUT2D eigenvalue weighted by Gasteiger charge is -2.12. The van der Waals surface area contributed by atoms with E-state index < -0.39 is 6.10 Å². The van der Waals surface area contributed by atoms with Crippen molar-refractivity contribution in [3.63, 3.8) is 0 Å². The van der Waals surface area contributed by atoms with Crippen molar-refractivity contribution in [1.82, 2.24) is 0 Å². The Bertz CT molecular complexity index is 388. The minimum Gasteiger partial charge on any atom is -0.481 e. The molecule has 0 bridgehead atoms. The first kappa shape index (κ1) is 11.9. The molecule has 0 spiro atoms. The van der Waals surface area contributed by atoms with Crippen molar-refractivity contribution in [2.45, 2.75) is 20.0 Å². The first-order chi connectivity index (χ1) is 7.15. The Morgan fingerprint density at radius 3 is 2.87 bits per heavy atom. The van der Waals surface area contributed by atoms with Crippen LogP contribution in [0.3, 0.4) is 0 Å². The zero-order valence-corrected chi connectivity index (χ0v) is 9.51. The molecule has 0 amide bonds. The number of hydrogen-bond acceptors (Lipinski definition) is 2. The lowest BCUT2D eigenvalue weighted by molar-refractivity contribution is 0.193. The van der Waals surface area contributed by atoms with E-state index >= 15 is 0 Å². The molecular weight excluding hydrogens is 212 g/mol. The van der Waals surface area contributed by atoms with Crippen LogP contribution >= 0.6 is 11.6 Å². The summed E-state index contributed by atoms with van der Waals surface area (Å²) in [7, 11) is 0. The number of aliphatic hydroxyl groups is 1. The van der Waals surface area contributed by atoms with Crippen molar-refractivity contribution in [2.24, 2.45) is 0 Å². The molecule has 0 aliphatic carbocycles. The first-order valence-electron chi connectivity index (χ1n) is 4.65. The summed E-state index contributed by atoms with van der Waals surface area (Å²) in [6.45, 7) is 3.74. The molecule has 80 valence electrons. The van der Waals surface area contributed by atoms with Gasteiger partial charge in [-0.3, -0.25) is 0 Å². The van der Waals surface area contributed by atoms with Crippen molar-refractivity contribution in [2.75, 3.05) is 6.61 Å². The van der Waals surface area contributed by atoms with Crippen LogP contribution in [0.1, 0.15) is 25.5 Å². The predicted octanol–water partition coefficient (Wildman–Crippen LogP) is 2.80. The van der Waals surface area contributed by atoms with Gasteiger partial charge in [-0.2, -0.15) is 0 Å². The third-order valence-electron chi connectivity index (χ3n) is 1.90. The van der Waals surface area contributed by atoms with Gasteiger partial charge in [0.15, 0.2) is 0 Å². The van der Waals surface area contributed by atoms with Crippen LogP contribution in [0.4, 0.5) is 0 Å². The topological polar surface area (TPSA) is 29.5 Å². The monoisotopic (exact) mass is 224 g/mol. The van der Waals surface area contributed by atoms with Gasteiger partial charge in [0, 0.05) is 10.6 Å². The molecule has 0 radical (unpaired) electrons. The van der Waals surface area contributed by atoms with E-state index in [2.05, 4.69) is 11.8 Å². The number of benzene rings is 1. The second kappa shape index (κ2) is 5.65. The Labute approximate surface area is 94.8 Å². The summed E-state index contributed by atoms with van der Waals surface area (Å²) in [6.07, 6.45) is -0.603. The highest BCUT2D eigenvalue weighted by molar-refractivity contribution is 6.30. The van der Waals surface area contributed by atoms with Gasteiger partial charge in [0.25, 0.3) is 0 Å². The molecule has 2 nitrogen and oxygen atoms in total. The molecule has 0 saturated heterocycles. The molecule has 1 N–H and O–H groups in total. The maximum atomic E-state index is 9.51. The van der Waals surface area contributed by atoms with Crippen LogP contribution in [0.5, 0.6) is 5.75 Å². The van der Waals surface area contributed by atoms with E-state index in [9.17, 15) is 5.11 Å². The highest BCUT2D eigenvalue weighted by Crippen LogP contribution is 2.28. The summed E-state index contributed by atoms with van der Waals surface area (Å²) >= 11 is 5.83. The van der Waals surface area contributed by atoms with Crippen LogP contribution in [0, 0.1) is 11.8 Å². The molecule has 1 atom stereocenters. The maximum Gasteiger partial charge on any atom is 0.149 e. The summed E-state index contributed by atoms with van der Waals surface area (Å²) in [6, 6.07) is 5.16. The van der Waals surface area contributed by atoms with Crippen molar-refractivity contribution in [3.8, 4) is 17.6 Å². The van der Waals surface area contributed by atoms with Gasteiger partial charge in [0.2, 0.25) is 0 Å². The number of hydrogen-bond donors (Lipinski definition) is 1. The molecule has 1 aromatic rings. The van der Waals surface area contributed by atoms with E-state index in [-0.39, 0.29) is 0 Å². The van der Waals surface area contributed by atoms with E-state index in [1.165, 1.54) is 0 Å². The van der Waals surface area contributed by atoms with Crippen LogP contribution in [-0.4, -0.2) is 11.7 Å². The summed E-state index contributed by atoms with van der Waals surface area (Å²) in [4.78, 5) is 0. The van der Waals surface area contributed by atoms with E-state index in [4.69, 9.17) is 16.3 Å². The van der Waals surface area contributed by atoms with E-state index in [1.54, 1.807) is 32.0 Å². The average Bonchev–Trinajstić information content (AvgIpc) is 2.20. The van der Waals surface area contributed by atoms with Crippen LogP contribution in [0.15, 0.2) is 18.2 Å². The van der Waals surface area contributed by atoms with Crippen LogP contribution in [0.2, 0.25) is 5.02 Å². The highest BCUT2D eigenvalue weighted by Gasteiger charge is 2.09. The van der Waals surface area contributed by atoms with Gasteiger partial charge in [0.1, 0.15) is 12.4 Å². The van der Waals surface area contributed by atoms with Crippen LogP contribution in [-0.2, 0) is 0 Å². The Balaban J connectivity index is 2.89. The molecule has 0 aliphatic heterocycles. The predicted molar refractivity (Wildman–Crippen MR) is 61.0 cm³/mol. The van der Waals surface area contributed by atoms with Gasteiger partial charge in [-0.15, -0.1) is 5.92 Å². The third-order valence-corrected chi connectivity index (χ3v) is 2.13. The molecule has 1 rings (SSSR count). The zero-order valence-electron chi connectivity index (χ0n) is 8.75. The molecule has 0 heterocycles. The van der Waals surface area contributed by atoms with Gasteiger partial charge in [-0.1, -0.05) is 17.5 Å². The standard InChI is InChI=1S/C12H13ClO2/c1-3-4-7-15-12-6-5-10(13)8-11(12)9(2)14/h5-6,8-9,14H,7H2,1-2H3/t9-/m1/s1. The van der Waals surface area contributed by atoms with Crippen molar-refractivity contribution >= 4 is 11.6 Å². The average molecular weight is 225 g/mol. The molecule has 0 fully saturated rings. The van der Waals surface area contributed by atoms with Gasteiger partial charge >= 0.3 is 0 Å². The summed E-state index contributed by atoms with van der Waals surface area (Å²) in [5.41, 5.74) is 0.681. The summed E-state index contributed by atoms with van der Waals surface area (Å²) < 4.78 is 5.40. The SMILES string of the molecule is CC#CCOc1ccc(Cl)cc1[C@@H](C)O. The molecule has 15 heavy (non-hydrogen) atoms. The van der Waals surface area contributed by atoms with Gasteiger partial charge in [-0.25, -0.2) is 0 Å². The number of halogens is 1. The smallest absolute Gasteiger partial charge is 0.149 e. The lowest BCUT2D eigenvalue weighted by atomic mass is 10.1. The van der Waals surface area contributed by atoms with Gasteiger partial charge in [-0.05, 0) is 32.0 Å². The second-order valence-electron chi connectivity index (χ2n) is 3.07. The fraction of sp³-hybridized carbons (Fsp3) is 0.333. The summed E-state index contributed by atoms with van der Waals surface area (Å²) in [5, 5.41) is 10.1. The Morgan fingerprint density at radius 2 is 2.27 bits per heavy atom. The fourth-order valence-electron chi connectivity index (χ4n) is 1.16. The Hall–Kier alpha value is -1.17. The number of ether oxygens (including phenoxy) is 1. The number of aliphatic hydroxyl groups excluding tert-OH is 1. The third kappa shape index (κ3) is 3.47. The molecule has 3 heteroatoms. The molecule has 0 aliphatic rings. The maximum absolute atomic E-state index is 9.51. The zero-order chi connectivity index (χ0) is 11.3. The van der Waals surface area contributed by atoms with Gasteiger partial charge in [0.05, 0.1) is 6.10 Å². The van der Waals surface area contributed by atoms with Crippen molar-refractivity contribution in [1.29, 1.82) is 0 Å². The van der Waals surface area contributed by atoms with Crippen molar-refractivity contribution < 1.29 is 9.84 Å². The summed E-state index contributed by atoms with van der Waals surface area (Å²) in [5.74, 6) is 6.15. The minimum absolute atomic E-state index is 0.317. The second-order valence-corrected chi connectivity index (χ2v) is 3.51. The van der Waals surface area contributed by atoms with Crippen LogP contribution in [0.25, 0.3) is 0 Å². The lowest BCUT2D eigenvalue weighted by Crippen LogP contribution is -2.00. The molecule has 0 aromatic heterocycles. The molecule has 0 saturated carbocycles. The fourth-order valence-corrected chi connectivity index (χ4v) is 1.34. The van der Waals surface area contributed by atoms with Crippen LogP contribution < -0.4 is 4.74 Å². The number of rotatable bonds is 3. The normalized spacial score (nSPS) is 11.5.